The van der Waals surface area contributed by atoms with E-state index < -0.39 is 51.3 Å². The van der Waals surface area contributed by atoms with Gasteiger partial charge in [-0.25, -0.2) is 4.57 Å². The third-order valence-electron chi connectivity index (χ3n) is 8.74. The number of aliphatic hydroxyl groups excluding tert-OH is 2. The zero-order valence-corrected chi connectivity index (χ0v) is 34.2. The number of hydrogen-bond donors (Lipinski definition) is 4. The Morgan fingerprint density at radius 3 is 1.57 bits per heavy atom. The second kappa shape index (κ2) is 35.6. The Morgan fingerprint density at radius 2 is 1.06 bits per heavy atom. The highest BCUT2D eigenvalue weighted by Gasteiger charge is 2.23. The van der Waals surface area contributed by atoms with Crippen molar-refractivity contribution in [1.82, 2.24) is 0 Å². The zero-order valence-electron chi connectivity index (χ0n) is 33.3. The molecule has 0 aromatic carbocycles. The van der Waals surface area contributed by atoms with Crippen LogP contribution in [0.5, 0.6) is 0 Å². The first kappa shape index (κ1) is 50.9. The van der Waals surface area contributed by atoms with Crippen molar-refractivity contribution >= 4 is 19.8 Å². The van der Waals surface area contributed by atoms with E-state index in [4.69, 9.17) is 19.3 Å². The maximum Gasteiger partial charge on any atom is 0.469 e. The minimum Gasteiger partial charge on any atom is -0.462 e. The van der Waals surface area contributed by atoms with Crippen LogP contribution in [0, 0.1) is 5.92 Å². The van der Waals surface area contributed by atoms with Crippen molar-refractivity contribution in [2.75, 3.05) is 13.2 Å². The molecule has 4 N–H and O–H groups in total. The number of carbonyl (C=O) groups excluding carboxylic acids is 2. The van der Waals surface area contributed by atoms with Gasteiger partial charge in [-0.15, -0.1) is 0 Å². The van der Waals surface area contributed by atoms with Gasteiger partial charge >= 0.3 is 19.8 Å². The maximum atomic E-state index is 12.4. The smallest absolute Gasteiger partial charge is 0.462 e. The highest BCUT2D eigenvalue weighted by Crippen LogP contribution is 2.36. The van der Waals surface area contributed by atoms with Crippen LogP contribution in [0.15, 0.2) is 48.6 Å². The highest BCUT2D eigenvalue weighted by molar-refractivity contribution is 7.46. The maximum absolute atomic E-state index is 12.4. The lowest BCUT2D eigenvalue weighted by Gasteiger charge is -2.19. The summed E-state index contributed by atoms with van der Waals surface area (Å²) in [5.74, 6) is -0.363. The molecule has 0 unspecified atom stereocenters. The number of ether oxygens (including phenoxy) is 2. The van der Waals surface area contributed by atoms with Crippen molar-refractivity contribution in [3.63, 3.8) is 0 Å². The lowest BCUT2D eigenvalue weighted by atomic mass is 10.0. The van der Waals surface area contributed by atoms with Gasteiger partial charge in [-0.05, 0) is 57.3 Å². The average Bonchev–Trinajstić information content (AvgIpc) is 3.10. The average molecular weight is 771 g/mol. The van der Waals surface area contributed by atoms with E-state index in [2.05, 4.69) is 55.7 Å². The molecule has 0 aliphatic carbocycles. The van der Waals surface area contributed by atoms with Crippen molar-refractivity contribution in [2.24, 2.45) is 5.92 Å². The summed E-state index contributed by atoms with van der Waals surface area (Å²) in [6.45, 7) is 5.64. The minimum atomic E-state index is -4.82. The molecule has 0 aromatic rings. The van der Waals surface area contributed by atoms with Crippen LogP contribution in [-0.2, 0) is 28.2 Å². The molecule has 3 atom stereocenters. The van der Waals surface area contributed by atoms with E-state index in [1.54, 1.807) is 0 Å². The first-order chi connectivity index (χ1) is 25.4. The molecular weight excluding hydrogens is 695 g/mol. The molecule has 0 rings (SSSR count). The van der Waals surface area contributed by atoms with Gasteiger partial charge in [0, 0.05) is 12.8 Å². The van der Waals surface area contributed by atoms with Gasteiger partial charge in [0.1, 0.15) is 6.61 Å². The quantitative estimate of drug-likeness (QED) is 0.0209. The third-order valence-corrected chi connectivity index (χ3v) is 9.23. The summed E-state index contributed by atoms with van der Waals surface area (Å²) in [4.78, 5) is 42.9. The fourth-order valence-electron chi connectivity index (χ4n) is 5.59. The molecule has 308 valence electrons. The Labute approximate surface area is 321 Å². The summed E-state index contributed by atoms with van der Waals surface area (Å²) in [7, 11) is -4.82. The molecule has 11 heteroatoms. The van der Waals surface area contributed by atoms with Crippen LogP contribution in [0.3, 0.4) is 0 Å². The molecular formula is C42H75O10P. The number of esters is 2. The first-order valence-corrected chi connectivity index (χ1v) is 22.0. The molecule has 0 aliphatic rings. The van der Waals surface area contributed by atoms with E-state index in [1.165, 1.54) is 64.2 Å². The molecule has 53 heavy (non-hydrogen) atoms. The largest absolute Gasteiger partial charge is 0.469 e. The molecule has 0 radical (unpaired) electrons. The van der Waals surface area contributed by atoms with Crippen LogP contribution >= 0.6 is 7.82 Å². The van der Waals surface area contributed by atoms with Gasteiger partial charge in [0.2, 0.25) is 0 Å². The number of allylic oxidation sites excluding steroid dienone is 7. The molecule has 0 spiro atoms. The second-order valence-electron chi connectivity index (χ2n) is 14.4. The zero-order chi connectivity index (χ0) is 39.4. The summed E-state index contributed by atoms with van der Waals surface area (Å²) in [6, 6.07) is 0. The Balaban J connectivity index is 4.17. The molecule has 10 nitrogen and oxygen atoms in total. The standard InChI is InChI=1S/C42H75O10P/c1-4-5-6-7-8-9-10-15-18-21-24-27-31-39(43)40(44)32-29-34-41(45)50-35-38(36-51-53(47,48)49)52-42(46)33-28-25-22-19-16-13-11-12-14-17-20-23-26-30-37(2)3/h5-6,8-9,15,18,24,27,37-40,43-44H,4,7,10-14,16-17,19-23,25-26,28-36H2,1-3H3,(H2,47,48,49)/b6-5-,9-8-,18-15-,27-24-/t38-,39+,40+/m1/s1. The fraction of sp³-hybridized carbons (Fsp3) is 0.762. The van der Waals surface area contributed by atoms with Crippen LogP contribution in [0.1, 0.15) is 168 Å². The van der Waals surface area contributed by atoms with Crippen LogP contribution in [0.2, 0.25) is 0 Å². The summed E-state index contributed by atoms with van der Waals surface area (Å²) >= 11 is 0. The van der Waals surface area contributed by atoms with Gasteiger partial charge in [-0.2, -0.15) is 0 Å². The Bertz CT molecular complexity index is 1050. The van der Waals surface area contributed by atoms with E-state index in [-0.39, 0.29) is 32.1 Å². The van der Waals surface area contributed by atoms with Crippen LogP contribution in [0.4, 0.5) is 0 Å². The summed E-state index contributed by atoms with van der Waals surface area (Å²) in [5.41, 5.74) is 0. The lowest BCUT2D eigenvalue weighted by molar-refractivity contribution is -0.161. The fourth-order valence-corrected chi connectivity index (χ4v) is 5.95. The molecule has 0 aliphatic heterocycles. The van der Waals surface area contributed by atoms with E-state index in [9.17, 15) is 24.4 Å². The van der Waals surface area contributed by atoms with Gasteiger partial charge < -0.3 is 29.5 Å². The Morgan fingerprint density at radius 1 is 0.585 bits per heavy atom. The van der Waals surface area contributed by atoms with Crippen molar-refractivity contribution < 1.29 is 48.2 Å². The molecule has 0 saturated carbocycles. The summed E-state index contributed by atoms with van der Waals surface area (Å²) in [5, 5.41) is 20.5. The molecule has 0 bridgehead atoms. The van der Waals surface area contributed by atoms with Crippen molar-refractivity contribution in [3.05, 3.63) is 48.6 Å². The van der Waals surface area contributed by atoms with E-state index in [1.807, 2.05) is 18.2 Å². The number of carbonyl (C=O) groups is 2. The molecule has 0 fully saturated rings. The topological polar surface area (TPSA) is 160 Å². The van der Waals surface area contributed by atoms with E-state index in [0.717, 1.165) is 50.9 Å². The van der Waals surface area contributed by atoms with Crippen LogP contribution < -0.4 is 0 Å². The van der Waals surface area contributed by atoms with Gasteiger partial charge in [0.25, 0.3) is 0 Å². The van der Waals surface area contributed by atoms with Crippen LogP contribution in [-0.4, -0.2) is 63.5 Å². The predicted octanol–water partition coefficient (Wildman–Crippen LogP) is 10.1. The number of rotatable bonds is 36. The van der Waals surface area contributed by atoms with Crippen molar-refractivity contribution in [2.45, 2.75) is 187 Å². The number of phosphoric acid groups is 1. The van der Waals surface area contributed by atoms with Crippen molar-refractivity contribution in [1.29, 1.82) is 0 Å². The predicted molar refractivity (Wildman–Crippen MR) is 214 cm³/mol. The number of phosphoric ester groups is 1. The first-order valence-electron chi connectivity index (χ1n) is 20.5. The number of aliphatic hydroxyl groups is 2. The monoisotopic (exact) mass is 771 g/mol. The van der Waals surface area contributed by atoms with Gasteiger partial charge in [-0.1, -0.05) is 153 Å². The Kier molecular flexibility index (Phi) is 34.2. The SMILES string of the molecule is CC/C=C\C/C=C\C/C=C\C/C=C\C[C@H](O)[C@@H](O)CCCC(=O)OC[C@H](COP(=O)(O)O)OC(=O)CCCCCCCCCCCCCCCC(C)C. The van der Waals surface area contributed by atoms with Crippen LogP contribution in [0.25, 0.3) is 0 Å². The number of hydrogen-bond acceptors (Lipinski definition) is 8. The summed E-state index contributed by atoms with van der Waals surface area (Å²) in [6.07, 6.45) is 34.4. The van der Waals surface area contributed by atoms with Gasteiger partial charge in [0.05, 0.1) is 18.8 Å². The minimum absolute atomic E-state index is 0.0493. The Hall–Kier alpha value is -2.07. The number of unbranched alkanes of at least 4 members (excludes halogenated alkanes) is 12. The highest BCUT2D eigenvalue weighted by atomic mass is 31.2. The second-order valence-corrected chi connectivity index (χ2v) is 15.6. The normalized spacial score (nSPS) is 14.3. The molecule has 0 saturated heterocycles. The molecule has 0 aromatic heterocycles. The van der Waals surface area contributed by atoms with Gasteiger partial charge in [-0.3, -0.25) is 14.1 Å². The lowest BCUT2D eigenvalue weighted by Crippen LogP contribution is -2.29. The molecule has 0 heterocycles. The summed E-state index contributed by atoms with van der Waals surface area (Å²) < 4.78 is 26.2. The van der Waals surface area contributed by atoms with E-state index >= 15 is 0 Å². The van der Waals surface area contributed by atoms with E-state index in [0.29, 0.717) is 6.42 Å². The third kappa shape index (κ3) is 38.0. The van der Waals surface area contributed by atoms with Crippen molar-refractivity contribution in [3.8, 4) is 0 Å². The molecule has 0 amide bonds. The van der Waals surface area contributed by atoms with Gasteiger partial charge in [0.15, 0.2) is 6.10 Å².